The monoisotopic (exact) mass is 258 g/mol. The number of nitrogens with zero attached hydrogens (tertiary/aromatic N) is 2. The maximum Gasteiger partial charge on any atom is 0.237 e. The quantitative estimate of drug-likeness (QED) is 0.708. The zero-order valence-electron chi connectivity index (χ0n) is 10.2. The van der Waals surface area contributed by atoms with Gasteiger partial charge < -0.3 is 9.64 Å². The molecule has 1 aliphatic rings. The molecule has 2 unspecified atom stereocenters. The molecular weight excluding hydrogens is 240 g/mol. The predicted octanol–water partition coefficient (Wildman–Crippen LogP) is 1.93. The molecule has 1 saturated carbocycles. The second-order valence-electron chi connectivity index (χ2n) is 4.25. The molecule has 0 saturated heterocycles. The Hall–Kier alpha value is -0.790. The normalized spacial score (nSPS) is 24.1. The molecule has 17 heavy (non-hydrogen) atoms. The number of nitriles is 1. The lowest BCUT2D eigenvalue weighted by Crippen LogP contribution is -2.50. The first-order chi connectivity index (χ1) is 8.24. The molecule has 4 nitrogen and oxygen atoms in total. The fraction of sp³-hybridized carbons (Fsp3) is 0.833. The van der Waals surface area contributed by atoms with Gasteiger partial charge in [0.2, 0.25) is 5.91 Å². The number of halogens is 1. The highest BCUT2D eigenvalue weighted by Gasteiger charge is 2.32. The van der Waals surface area contributed by atoms with E-state index in [1.807, 2.05) is 0 Å². The van der Waals surface area contributed by atoms with Crippen molar-refractivity contribution < 1.29 is 9.53 Å². The van der Waals surface area contributed by atoms with Gasteiger partial charge in [-0.25, -0.2) is 0 Å². The minimum absolute atomic E-state index is 0.0294. The zero-order valence-corrected chi connectivity index (χ0v) is 10.9. The van der Waals surface area contributed by atoms with E-state index in [1.54, 1.807) is 12.0 Å². The van der Waals surface area contributed by atoms with Crippen LogP contribution in [0.15, 0.2) is 0 Å². The largest absolute Gasteiger partial charge is 0.379 e. The van der Waals surface area contributed by atoms with Crippen LogP contribution in [0.25, 0.3) is 0 Å². The number of carbonyl (C=O) groups is 1. The van der Waals surface area contributed by atoms with Crippen LogP contribution in [-0.4, -0.2) is 42.5 Å². The Bertz CT molecular complexity index is 291. The Morgan fingerprint density at radius 1 is 1.53 bits per heavy atom. The van der Waals surface area contributed by atoms with Gasteiger partial charge in [-0.1, -0.05) is 12.8 Å². The summed E-state index contributed by atoms with van der Waals surface area (Å²) in [6, 6.07) is 2.15. The third-order valence-corrected chi connectivity index (χ3v) is 3.50. The number of amides is 1. The van der Waals surface area contributed by atoms with Crippen LogP contribution in [0, 0.1) is 11.3 Å². The van der Waals surface area contributed by atoms with Crippen molar-refractivity contribution in [2.24, 2.45) is 0 Å². The number of methoxy groups -OCH3 is 1. The Morgan fingerprint density at radius 3 is 2.82 bits per heavy atom. The molecule has 0 spiro atoms. The predicted molar refractivity (Wildman–Crippen MR) is 65.7 cm³/mol. The summed E-state index contributed by atoms with van der Waals surface area (Å²) in [5, 5.41) is 8.64. The van der Waals surface area contributed by atoms with Crippen LogP contribution in [0.2, 0.25) is 0 Å². The molecule has 0 aromatic carbocycles. The number of carbonyl (C=O) groups excluding carboxylic acids is 1. The number of hydrogen-bond donors (Lipinski definition) is 0. The highest BCUT2D eigenvalue weighted by Crippen LogP contribution is 2.25. The van der Waals surface area contributed by atoms with E-state index in [0.29, 0.717) is 13.0 Å². The van der Waals surface area contributed by atoms with Crippen molar-refractivity contribution >= 4 is 17.5 Å². The first-order valence-electron chi connectivity index (χ1n) is 5.99. The molecule has 0 radical (unpaired) electrons. The summed E-state index contributed by atoms with van der Waals surface area (Å²) in [4.78, 5) is 13.5. The highest BCUT2D eigenvalue weighted by atomic mass is 35.5. The lowest BCUT2D eigenvalue weighted by atomic mass is 9.91. The van der Waals surface area contributed by atoms with Crippen molar-refractivity contribution in [3.63, 3.8) is 0 Å². The maximum atomic E-state index is 11.8. The molecule has 96 valence electrons. The summed E-state index contributed by atoms with van der Waals surface area (Å²) in [7, 11) is 1.68. The minimum atomic E-state index is -0.101. The van der Waals surface area contributed by atoms with E-state index < -0.39 is 0 Å². The Morgan fingerprint density at radius 2 is 2.24 bits per heavy atom. The summed E-state index contributed by atoms with van der Waals surface area (Å²) in [6.07, 6.45) is 4.57. The van der Waals surface area contributed by atoms with Gasteiger partial charge in [0.25, 0.3) is 0 Å². The standard InChI is InChI=1S/C12H19ClN2O2/c1-17-11-6-3-2-5-10(11)15(8-4-7-14)12(16)9-13/h10-11H,2-6,8-9H2,1H3. The number of ether oxygens (including phenoxy) is 1. The van der Waals surface area contributed by atoms with Gasteiger partial charge in [-0.05, 0) is 12.8 Å². The van der Waals surface area contributed by atoms with Crippen LogP contribution in [0.5, 0.6) is 0 Å². The lowest BCUT2D eigenvalue weighted by Gasteiger charge is -2.38. The number of rotatable bonds is 5. The molecule has 2 atom stereocenters. The molecule has 1 aliphatic carbocycles. The van der Waals surface area contributed by atoms with Crippen molar-refractivity contribution in [2.75, 3.05) is 19.5 Å². The van der Waals surface area contributed by atoms with E-state index in [9.17, 15) is 4.79 Å². The fourth-order valence-electron chi connectivity index (χ4n) is 2.43. The first kappa shape index (κ1) is 14.3. The van der Waals surface area contributed by atoms with Gasteiger partial charge in [-0.2, -0.15) is 5.26 Å². The van der Waals surface area contributed by atoms with Crippen molar-refractivity contribution in [3.8, 4) is 6.07 Å². The van der Waals surface area contributed by atoms with Gasteiger partial charge in [0.1, 0.15) is 5.88 Å². The molecule has 0 heterocycles. The summed E-state index contributed by atoms with van der Waals surface area (Å²) >= 11 is 5.62. The van der Waals surface area contributed by atoms with Crippen molar-refractivity contribution in [3.05, 3.63) is 0 Å². The lowest BCUT2D eigenvalue weighted by molar-refractivity contribution is -0.135. The van der Waals surface area contributed by atoms with Crippen molar-refractivity contribution in [1.29, 1.82) is 5.26 Å². The molecular formula is C12H19ClN2O2. The van der Waals surface area contributed by atoms with Gasteiger partial charge in [-0.3, -0.25) is 4.79 Å². The molecule has 1 fully saturated rings. The molecule has 0 N–H and O–H groups in total. The molecule has 0 aromatic heterocycles. The van der Waals surface area contributed by atoms with Crippen molar-refractivity contribution in [1.82, 2.24) is 4.90 Å². The molecule has 0 aliphatic heterocycles. The highest BCUT2D eigenvalue weighted by molar-refractivity contribution is 6.27. The van der Waals surface area contributed by atoms with Crippen LogP contribution in [0.4, 0.5) is 0 Å². The Balaban J connectivity index is 2.72. The van der Waals surface area contributed by atoms with Crippen molar-refractivity contribution in [2.45, 2.75) is 44.2 Å². The Labute approximate surface area is 107 Å². The summed E-state index contributed by atoms with van der Waals surface area (Å²) in [5.41, 5.74) is 0. The summed E-state index contributed by atoms with van der Waals surface area (Å²) in [5.74, 6) is -0.130. The van der Waals surface area contributed by atoms with E-state index in [-0.39, 0.29) is 23.9 Å². The van der Waals surface area contributed by atoms with Gasteiger partial charge in [0, 0.05) is 13.7 Å². The van der Waals surface area contributed by atoms with E-state index >= 15 is 0 Å². The van der Waals surface area contributed by atoms with E-state index in [1.165, 1.54) is 0 Å². The first-order valence-corrected chi connectivity index (χ1v) is 6.53. The van der Waals surface area contributed by atoms with Gasteiger partial charge in [-0.15, -0.1) is 11.6 Å². The van der Waals surface area contributed by atoms with Crippen LogP contribution in [0.1, 0.15) is 32.1 Å². The topological polar surface area (TPSA) is 53.3 Å². The minimum Gasteiger partial charge on any atom is -0.379 e. The SMILES string of the molecule is COC1CCCCC1N(CCC#N)C(=O)CCl. The van der Waals surface area contributed by atoms with Crippen LogP contribution >= 0.6 is 11.6 Å². The Kier molecular flexibility index (Phi) is 6.31. The van der Waals surface area contributed by atoms with Crippen LogP contribution in [0.3, 0.4) is 0 Å². The fourth-order valence-corrected chi connectivity index (χ4v) is 2.58. The van der Waals surface area contributed by atoms with Gasteiger partial charge in [0.15, 0.2) is 0 Å². The number of alkyl halides is 1. The third kappa shape index (κ3) is 3.86. The molecule has 5 heteroatoms. The zero-order chi connectivity index (χ0) is 12.7. The third-order valence-electron chi connectivity index (χ3n) is 3.27. The van der Waals surface area contributed by atoms with E-state index in [0.717, 1.165) is 25.7 Å². The van der Waals surface area contributed by atoms with E-state index in [2.05, 4.69) is 6.07 Å². The van der Waals surface area contributed by atoms with E-state index in [4.69, 9.17) is 21.6 Å². The average Bonchev–Trinajstić information content (AvgIpc) is 2.39. The molecule has 0 aromatic rings. The average molecular weight is 259 g/mol. The van der Waals surface area contributed by atoms with Gasteiger partial charge in [0.05, 0.1) is 24.6 Å². The molecule has 1 amide bonds. The summed E-state index contributed by atoms with van der Waals surface area (Å²) in [6.45, 7) is 0.451. The summed E-state index contributed by atoms with van der Waals surface area (Å²) < 4.78 is 5.44. The van der Waals surface area contributed by atoms with Crippen LogP contribution in [-0.2, 0) is 9.53 Å². The maximum absolute atomic E-state index is 11.8. The second kappa shape index (κ2) is 7.52. The van der Waals surface area contributed by atoms with Crippen LogP contribution < -0.4 is 0 Å². The molecule has 0 bridgehead atoms. The smallest absolute Gasteiger partial charge is 0.237 e. The second-order valence-corrected chi connectivity index (χ2v) is 4.52. The number of hydrogen-bond acceptors (Lipinski definition) is 3. The van der Waals surface area contributed by atoms with Gasteiger partial charge >= 0.3 is 0 Å². The molecule has 1 rings (SSSR count).